The third-order valence-corrected chi connectivity index (χ3v) is 7.10. The summed E-state index contributed by atoms with van der Waals surface area (Å²) in [6, 6.07) is 7.59. The van der Waals surface area contributed by atoms with Gasteiger partial charge in [0.15, 0.2) is 15.8 Å². The molecular weight excluding hydrogens is 426 g/mol. The molecule has 2 aromatic rings. The van der Waals surface area contributed by atoms with Gasteiger partial charge in [0.1, 0.15) is 0 Å². The summed E-state index contributed by atoms with van der Waals surface area (Å²) in [4.78, 5) is 14.5. The minimum atomic E-state index is -4.23. The first kappa shape index (κ1) is 21.9. The number of aryl methyl sites for hydroxylation is 1. The quantitative estimate of drug-likeness (QED) is 0.525. The Morgan fingerprint density at radius 2 is 1.71 bits per heavy atom. The summed E-state index contributed by atoms with van der Waals surface area (Å²) in [5.74, 6) is -1.36. The first-order valence-corrected chi connectivity index (χ1v) is 11.6. The Hall–Kier alpha value is -2.43. The van der Waals surface area contributed by atoms with Crippen molar-refractivity contribution in [3.63, 3.8) is 0 Å². The van der Waals surface area contributed by atoms with Gasteiger partial charge >= 0.3 is 0 Å². The van der Waals surface area contributed by atoms with Crippen molar-refractivity contribution in [3.8, 4) is 0 Å². The number of carbonyl (C=O) groups excluding carboxylic acids is 1. The van der Waals surface area contributed by atoms with Gasteiger partial charge in [-0.25, -0.2) is 16.8 Å². The Morgan fingerprint density at radius 1 is 1.07 bits per heavy atom. The zero-order valence-electron chi connectivity index (χ0n) is 15.0. The fraction of sp³-hybridized carbons (Fsp3) is 0.176. The first-order chi connectivity index (χ1) is 12.9. The van der Waals surface area contributed by atoms with E-state index < -0.39 is 41.3 Å². The largest absolute Gasteiger partial charge is 0.370 e. The molecule has 0 aromatic heterocycles. The van der Waals surface area contributed by atoms with Crippen LogP contribution in [0.25, 0.3) is 0 Å². The zero-order valence-corrected chi connectivity index (χ0v) is 17.4. The van der Waals surface area contributed by atoms with Crippen molar-refractivity contribution in [1.82, 2.24) is 0 Å². The number of guanidine groups is 1. The van der Waals surface area contributed by atoms with E-state index in [1.807, 2.05) is 0 Å². The maximum Gasteiger partial charge on any atom is 0.280 e. The molecule has 150 valence electrons. The summed E-state index contributed by atoms with van der Waals surface area (Å²) in [5, 5.41) is 0.178. The number of carbonyl (C=O) groups is 1. The smallest absolute Gasteiger partial charge is 0.280 e. The van der Waals surface area contributed by atoms with E-state index in [0.717, 1.165) is 18.4 Å². The molecule has 0 unspecified atom stereocenters. The predicted molar refractivity (Wildman–Crippen MR) is 106 cm³/mol. The lowest BCUT2D eigenvalue weighted by Gasteiger charge is -2.14. The molecule has 28 heavy (non-hydrogen) atoms. The van der Waals surface area contributed by atoms with E-state index in [9.17, 15) is 21.6 Å². The van der Waals surface area contributed by atoms with Crippen LogP contribution in [0.1, 0.15) is 22.8 Å². The summed E-state index contributed by atoms with van der Waals surface area (Å²) in [6.45, 7) is 1.68. The third kappa shape index (κ3) is 4.51. The number of sulfone groups is 2. The number of nitrogens with zero attached hydrogens (tertiary/aromatic N) is 1. The molecular formula is C17H18ClN3O5S2. The highest BCUT2D eigenvalue weighted by Crippen LogP contribution is 2.31. The zero-order chi connectivity index (χ0) is 21.3. The summed E-state index contributed by atoms with van der Waals surface area (Å²) >= 11 is 5.88. The molecule has 0 radical (unpaired) electrons. The maximum atomic E-state index is 13.1. The first-order valence-electron chi connectivity index (χ1n) is 7.89. The number of halogens is 1. The van der Waals surface area contributed by atoms with Crippen molar-refractivity contribution in [2.24, 2.45) is 16.5 Å². The summed E-state index contributed by atoms with van der Waals surface area (Å²) in [7, 11) is -8.25. The van der Waals surface area contributed by atoms with Crippen molar-refractivity contribution in [2.45, 2.75) is 28.0 Å². The van der Waals surface area contributed by atoms with Crippen LogP contribution in [-0.2, 0) is 26.1 Å². The van der Waals surface area contributed by atoms with Gasteiger partial charge in [-0.2, -0.15) is 4.99 Å². The second-order valence-corrected chi connectivity index (χ2v) is 10.2. The molecule has 0 heterocycles. The molecule has 0 atom stereocenters. The Kier molecular flexibility index (Phi) is 6.17. The van der Waals surface area contributed by atoms with Gasteiger partial charge in [-0.05, 0) is 42.3 Å². The number of hydrogen-bond acceptors (Lipinski definition) is 5. The second kappa shape index (κ2) is 7.90. The lowest BCUT2D eigenvalue weighted by atomic mass is 10.0. The molecule has 2 aromatic carbocycles. The topological polar surface area (TPSA) is 150 Å². The SMILES string of the molecule is CCc1cc(S(=O)(=O)c2cccc(Cl)c2)c(S(C)(=O)=O)cc1C(=O)N=C(N)N. The standard InChI is InChI=1S/C17H18ClN3O5S2/c1-3-10-7-15(28(25,26)12-6-4-5-11(18)8-12)14(27(2,23)24)9-13(10)16(22)21-17(19)20/h4-9H,3H2,1-2H3,(H4,19,20,21,22). The molecule has 11 heteroatoms. The average Bonchev–Trinajstić information content (AvgIpc) is 2.59. The van der Waals surface area contributed by atoms with Crippen LogP contribution < -0.4 is 11.5 Å². The van der Waals surface area contributed by atoms with Crippen LogP contribution in [0.2, 0.25) is 5.02 Å². The van der Waals surface area contributed by atoms with Crippen molar-refractivity contribution < 1.29 is 21.6 Å². The van der Waals surface area contributed by atoms with Gasteiger partial charge < -0.3 is 11.5 Å². The Labute approximate surface area is 168 Å². The van der Waals surface area contributed by atoms with Crippen LogP contribution in [0, 0.1) is 0 Å². The van der Waals surface area contributed by atoms with Crippen molar-refractivity contribution in [1.29, 1.82) is 0 Å². The number of aliphatic imine (C=N–C) groups is 1. The Morgan fingerprint density at radius 3 is 2.21 bits per heavy atom. The van der Waals surface area contributed by atoms with E-state index in [1.54, 1.807) is 6.92 Å². The van der Waals surface area contributed by atoms with E-state index in [0.29, 0.717) is 0 Å². The van der Waals surface area contributed by atoms with Gasteiger partial charge in [0.05, 0.1) is 14.7 Å². The summed E-state index contributed by atoms with van der Waals surface area (Å²) in [6.07, 6.45) is 1.09. The molecule has 0 saturated carbocycles. The highest BCUT2D eigenvalue weighted by atomic mass is 35.5. The van der Waals surface area contributed by atoms with Crippen molar-refractivity contribution >= 4 is 43.1 Å². The summed E-state index contributed by atoms with van der Waals surface area (Å²) < 4.78 is 50.8. The molecule has 8 nitrogen and oxygen atoms in total. The Balaban J connectivity index is 2.88. The van der Waals surface area contributed by atoms with Gasteiger partial charge in [-0.1, -0.05) is 24.6 Å². The van der Waals surface area contributed by atoms with Crippen LogP contribution in [0.3, 0.4) is 0 Å². The van der Waals surface area contributed by atoms with E-state index in [4.69, 9.17) is 23.1 Å². The minimum absolute atomic E-state index is 0.0960. The van der Waals surface area contributed by atoms with Gasteiger partial charge in [-0.3, -0.25) is 4.79 Å². The maximum absolute atomic E-state index is 13.1. The molecule has 0 bridgehead atoms. The molecule has 4 N–H and O–H groups in total. The van der Waals surface area contributed by atoms with Crippen LogP contribution >= 0.6 is 11.6 Å². The lowest BCUT2D eigenvalue weighted by molar-refractivity contribution is 0.100. The van der Waals surface area contributed by atoms with Crippen LogP contribution in [0.5, 0.6) is 0 Å². The minimum Gasteiger partial charge on any atom is -0.370 e. The van der Waals surface area contributed by atoms with Gasteiger partial charge in [0.2, 0.25) is 9.84 Å². The molecule has 2 rings (SSSR count). The average molecular weight is 444 g/mol. The fourth-order valence-electron chi connectivity index (χ4n) is 2.53. The van der Waals surface area contributed by atoms with Crippen LogP contribution in [0.15, 0.2) is 56.1 Å². The second-order valence-electron chi connectivity index (χ2n) is 5.88. The van der Waals surface area contributed by atoms with E-state index in [-0.39, 0.29) is 27.5 Å². The highest BCUT2D eigenvalue weighted by Gasteiger charge is 2.29. The molecule has 0 spiro atoms. The predicted octanol–water partition coefficient (Wildman–Crippen LogP) is 1.55. The number of rotatable bonds is 5. The molecule has 0 aliphatic heterocycles. The molecule has 1 amide bonds. The highest BCUT2D eigenvalue weighted by molar-refractivity contribution is 7.94. The lowest BCUT2D eigenvalue weighted by Crippen LogP contribution is -2.24. The monoisotopic (exact) mass is 443 g/mol. The van der Waals surface area contributed by atoms with E-state index in [2.05, 4.69) is 4.99 Å². The normalized spacial score (nSPS) is 11.8. The molecule has 0 aliphatic carbocycles. The summed E-state index contributed by atoms with van der Waals surface area (Å²) in [5.41, 5.74) is 10.6. The van der Waals surface area contributed by atoms with Gasteiger partial charge in [-0.15, -0.1) is 0 Å². The number of benzene rings is 2. The number of nitrogens with two attached hydrogens (primary N) is 2. The van der Waals surface area contributed by atoms with E-state index in [1.165, 1.54) is 24.3 Å². The van der Waals surface area contributed by atoms with Crippen LogP contribution in [0.4, 0.5) is 0 Å². The van der Waals surface area contributed by atoms with Gasteiger partial charge in [0, 0.05) is 16.8 Å². The van der Waals surface area contributed by atoms with Crippen molar-refractivity contribution in [3.05, 3.63) is 52.5 Å². The van der Waals surface area contributed by atoms with Gasteiger partial charge in [0.25, 0.3) is 5.91 Å². The third-order valence-electron chi connectivity index (χ3n) is 3.81. The van der Waals surface area contributed by atoms with Crippen molar-refractivity contribution in [2.75, 3.05) is 6.26 Å². The number of hydrogen-bond donors (Lipinski definition) is 2. The molecule has 0 aliphatic rings. The van der Waals surface area contributed by atoms with Crippen LogP contribution in [-0.4, -0.2) is 35.0 Å². The van der Waals surface area contributed by atoms with E-state index >= 15 is 0 Å². The number of amides is 1. The molecule has 0 fully saturated rings. The molecule has 0 saturated heterocycles. The Bertz CT molecular complexity index is 1190. The fourth-order valence-corrected chi connectivity index (χ4v) is 5.74.